The Labute approximate surface area is 204 Å². The summed E-state index contributed by atoms with van der Waals surface area (Å²) in [5.41, 5.74) is -2.00. The van der Waals surface area contributed by atoms with Crippen LogP contribution in [0.15, 0.2) is 12.1 Å². The SMILES string of the molecule is Cc1c(C(=O)O)cc(N2CCN(C(=O)OC(C)(C)C)CC2)cc1[B-](F)(F)F.[K+]. The van der Waals surface area contributed by atoms with Crippen LogP contribution in [0.2, 0.25) is 0 Å². The second-order valence-corrected chi connectivity index (χ2v) is 7.54. The molecular formula is C17H23BF3KN2O4. The van der Waals surface area contributed by atoms with E-state index in [1.807, 2.05) is 0 Å². The van der Waals surface area contributed by atoms with Crippen molar-refractivity contribution in [3.8, 4) is 0 Å². The minimum Gasteiger partial charge on any atom is -0.478 e. The minimum atomic E-state index is -5.34. The van der Waals surface area contributed by atoms with Gasteiger partial charge in [-0.1, -0.05) is 11.6 Å². The van der Waals surface area contributed by atoms with Crippen molar-refractivity contribution in [3.05, 3.63) is 23.3 Å². The summed E-state index contributed by atoms with van der Waals surface area (Å²) in [5.74, 6) is -1.40. The van der Waals surface area contributed by atoms with Crippen molar-refractivity contribution in [3.63, 3.8) is 0 Å². The molecule has 0 atom stereocenters. The molecule has 1 heterocycles. The molecule has 1 aliphatic heterocycles. The molecule has 11 heteroatoms. The van der Waals surface area contributed by atoms with Crippen molar-refractivity contribution in [2.45, 2.75) is 33.3 Å². The Hall–Kier alpha value is -0.749. The van der Waals surface area contributed by atoms with Gasteiger partial charge in [0.25, 0.3) is 0 Å². The number of hydrogen-bond acceptors (Lipinski definition) is 4. The molecule has 0 spiro atoms. The minimum absolute atomic E-state index is 0. The molecule has 0 saturated carbocycles. The third-order valence-corrected chi connectivity index (χ3v) is 4.31. The van der Waals surface area contributed by atoms with Gasteiger partial charge in [-0.3, -0.25) is 0 Å². The fourth-order valence-corrected chi connectivity index (χ4v) is 2.94. The van der Waals surface area contributed by atoms with Crippen LogP contribution >= 0.6 is 0 Å². The summed E-state index contributed by atoms with van der Waals surface area (Å²) >= 11 is 0. The molecule has 0 bridgehead atoms. The van der Waals surface area contributed by atoms with Gasteiger partial charge >= 0.3 is 70.4 Å². The first kappa shape index (κ1) is 25.3. The molecule has 2 rings (SSSR count). The average Bonchev–Trinajstić information content (AvgIpc) is 2.52. The molecule has 1 aliphatic rings. The van der Waals surface area contributed by atoms with Crippen LogP contribution in [0.5, 0.6) is 0 Å². The van der Waals surface area contributed by atoms with Crippen LogP contribution in [0.25, 0.3) is 0 Å². The summed E-state index contributed by atoms with van der Waals surface area (Å²) in [4.78, 5) is 26.6. The van der Waals surface area contributed by atoms with Crippen LogP contribution in [0.4, 0.5) is 23.4 Å². The number of anilines is 1. The van der Waals surface area contributed by atoms with Gasteiger partial charge in [0, 0.05) is 31.9 Å². The molecule has 150 valence electrons. The first-order chi connectivity index (χ1) is 12.3. The molecule has 6 nitrogen and oxygen atoms in total. The van der Waals surface area contributed by atoms with Crippen molar-refractivity contribution < 1.29 is 83.8 Å². The predicted octanol–water partition coefficient (Wildman–Crippen LogP) is -0.191. The molecule has 1 amide bonds. The first-order valence-corrected chi connectivity index (χ1v) is 8.60. The number of amides is 1. The largest absolute Gasteiger partial charge is 1.00 e. The summed E-state index contributed by atoms with van der Waals surface area (Å²) in [7, 11) is 0. The Kier molecular flexibility index (Phi) is 8.47. The van der Waals surface area contributed by atoms with Crippen molar-refractivity contribution >= 4 is 30.2 Å². The van der Waals surface area contributed by atoms with E-state index in [1.54, 1.807) is 25.7 Å². The third kappa shape index (κ3) is 6.38. The second-order valence-electron chi connectivity index (χ2n) is 7.54. The van der Waals surface area contributed by atoms with E-state index in [0.717, 1.165) is 13.0 Å². The summed E-state index contributed by atoms with van der Waals surface area (Å²) in [6, 6.07) is 2.25. The molecular weight excluding hydrogens is 403 g/mol. The standard InChI is InChI=1S/C17H23BF3N2O4.K/c1-11-13(15(24)25)9-12(10-14(11)18(19,20)21)22-5-7-23(8-6-22)16(26)27-17(2,3)4;/h9-10H,5-8H2,1-4H3,(H,24,25);/q-1;+1. The van der Waals surface area contributed by atoms with Crippen LogP contribution in [0, 0.1) is 6.92 Å². The Balaban J connectivity index is 0.00000392. The van der Waals surface area contributed by atoms with E-state index in [1.165, 1.54) is 11.0 Å². The topological polar surface area (TPSA) is 70.1 Å². The number of carbonyl (C=O) groups excluding carboxylic acids is 1. The first-order valence-electron chi connectivity index (χ1n) is 8.60. The monoisotopic (exact) mass is 426 g/mol. The van der Waals surface area contributed by atoms with Gasteiger partial charge in [0.15, 0.2) is 0 Å². The summed E-state index contributed by atoms with van der Waals surface area (Å²) < 4.78 is 45.3. The molecule has 0 aliphatic carbocycles. The number of carboxylic acids is 1. The zero-order chi connectivity index (χ0) is 20.6. The van der Waals surface area contributed by atoms with Gasteiger partial charge in [-0.15, -0.1) is 5.46 Å². The zero-order valence-corrected chi connectivity index (χ0v) is 19.9. The molecule has 1 saturated heterocycles. The molecule has 1 aromatic carbocycles. The van der Waals surface area contributed by atoms with Gasteiger partial charge in [-0.25, -0.2) is 9.59 Å². The molecule has 1 aromatic rings. The van der Waals surface area contributed by atoms with Gasteiger partial charge in [-0.2, -0.15) is 0 Å². The number of carbonyl (C=O) groups is 2. The van der Waals surface area contributed by atoms with Crippen molar-refractivity contribution in [1.82, 2.24) is 4.90 Å². The maximum Gasteiger partial charge on any atom is 1.00 e. The average molecular weight is 426 g/mol. The Bertz CT molecular complexity index is 745. The van der Waals surface area contributed by atoms with E-state index in [4.69, 9.17) is 4.74 Å². The van der Waals surface area contributed by atoms with Crippen molar-refractivity contribution in [2.75, 3.05) is 31.1 Å². The van der Waals surface area contributed by atoms with Crippen molar-refractivity contribution in [2.24, 2.45) is 0 Å². The van der Waals surface area contributed by atoms with Gasteiger partial charge < -0.3 is 32.6 Å². The Morgan fingerprint density at radius 2 is 1.64 bits per heavy atom. The van der Waals surface area contributed by atoms with Crippen LogP contribution < -0.4 is 61.7 Å². The van der Waals surface area contributed by atoms with Crippen LogP contribution in [-0.2, 0) is 4.74 Å². The maximum atomic E-state index is 13.3. The number of ether oxygens (including phenoxy) is 1. The maximum absolute atomic E-state index is 13.3. The number of hydrogen-bond donors (Lipinski definition) is 1. The van der Waals surface area contributed by atoms with E-state index in [0.29, 0.717) is 0 Å². The van der Waals surface area contributed by atoms with E-state index in [9.17, 15) is 27.6 Å². The third-order valence-electron chi connectivity index (χ3n) is 4.31. The fourth-order valence-electron chi connectivity index (χ4n) is 2.94. The number of carboxylic acid groups (broad SMARTS) is 1. The Morgan fingerprint density at radius 3 is 2.07 bits per heavy atom. The second kappa shape index (κ2) is 9.38. The summed E-state index contributed by atoms with van der Waals surface area (Å²) in [6.45, 7) is 2.20. The number of halogens is 3. The number of nitrogens with zero attached hydrogens (tertiary/aromatic N) is 2. The molecule has 0 radical (unpaired) electrons. The summed E-state index contributed by atoms with van der Waals surface area (Å²) in [5, 5.41) is 9.25. The van der Waals surface area contributed by atoms with Crippen LogP contribution in [0.3, 0.4) is 0 Å². The molecule has 1 fully saturated rings. The molecule has 0 unspecified atom stereocenters. The van der Waals surface area contributed by atoms with E-state index < -0.39 is 30.1 Å². The van der Waals surface area contributed by atoms with Gasteiger partial charge in [0.1, 0.15) is 5.60 Å². The normalized spacial score (nSPS) is 15.1. The summed E-state index contributed by atoms with van der Waals surface area (Å²) in [6.07, 6.45) is -0.475. The zero-order valence-electron chi connectivity index (χ0n) is 16.8. The van der Waals surface area contributed by atoms with Crippen LogP contribution in [-0.4, -0.2) is 60.8 Å². The van der Waals surface area contributed by atoms with Crippen molar-refractivity contribution in [1.29, 1.82) is 0 Å². The number of benzene rings is 1. The van der Waals surface area contributed by atoms with Gasteiger partial charge in [0.2, 0.25) is 0 Å². The molecule has 28 heavy (non-hydrogen) atoms. The fraction of sp³-hybridized carbons (Fsp3) is 0.529. The smallest absolute Gasteiger partial charge is 0.478 e. The molecule has 0 aromatic heterocycles. The van der Waals surface area contributed by atoms with E-state index in [-0.39, 0.29) is 94.4 Å². The van der Waals surface area contributed by atoms with E-state index in [2.05, 4.69) is 0 Å². The van der Waals surface area contributed by atoms with Crippen LogP contribution in [0.1, 0.15) is 36.7 Å². The van der Waals surface area contributed by atoms with Gasteiger partial charge in [-0.05, 0) is 33.8 Å². The number of aromatic carboxylic acids is 1. The van der Waals surface area contributed by atoms with Gasteiger partial charge in [0.05, 0.1) is 5.56 Å². The predicted molar refractivity (Wildman–Crippen MR) is 96.9 cm³/mol. The Morgan fingerprint density at radius 1 is 1.11 bits per heavy atom. The molecule has 1 N–H and O–H groups in total. The quantitative estimate of drug-likeness (QED) is 0.679. The number of rotatable bonds is 3. The number of piperazine rings is 1. The van der Waals surface area contributed by atoms with E-state index >= 15 is 0 Å².